The molecule has 0 aliphatic heterocycles. The van der Waals surface area contributed by atoms with Gasteiger partial charge in [-0.25, -0.2) is 0 Å². The molecule has 580 valence electrons. The van der Waals surface area contributed by atoms with Crippen LogP contribution >= 0.6 is 0 Å². The number of benzene rings is 6. The molecule has 0 heterocycles. The highest BCUT2D eigenvalue weighted by molar-refractivity contribution is 6.21. The standard InChI is InChI=1S/C98H128O10/c1-25-31-103-87-65-37-61-57-83(99)58-62(85(61)101)38-66-46-78(94(10,11)12)51-71(88(66)104-32-26-2)43-75-55-82(98(22,23)24)56-76(92(75)108-36-30-6)44-72-52-80(96(16,17)18)48-68(90(72)106-34-28-4)40-64-60-84(100)59-63(86(64)102)39-67-47-79(95(13,14)15)50-70(89(67)105-33-27-3)42-74-54-81(97(19,20)21)53-73(91(74)107-35-29-5)41-69(87)49-77(45-65)93(7,8)9/h45-60H,25-44H2,1-24H3. The zero-order valence-corrected chi connectivity index (χ0v) is 70.5. The quantitative estimate of drug-likeness (QED) is 0.0769. The van der Waals surface area contributed by atoms with Gasteiger partial charge in [0.2, 0.25) is 0 Å². The molecule has 10 heteroatoms. The molecule has 0 amide bonds. The summed E-state index contributed by atoms with van der Waals surface area (Å²) in [6.45, 7) is 55.4. The van der Waals surface area contributed by atoms with Crippen molar-refractivity contribution in [1.29, 1.82) is 0 Å². The largest absolute Gasteiger partial charge is 0.493 e. The van der Waals surface area contributed by atoms with Crippen molar-refractivity contribution in [1.82, 2.24) is 0 Å². The Labute approximate surface area is 649 Å². The Morgan fingerprint density at radius 1 is 0.222 bits per heavy atom. The lowest BCUT2D eigenvalue weighted by Gasteiger charge is -2.28. The number of ether oxygens (including phenoxy) is 6. The van der Waals surface area contributed by atoms with Gasteiger partial charge >= 0.3 is 0 Å². The summed E-state index contributed by atoms with van der Waals surface area (Å²) in [6.07, 6.45) is 13.1. The van der Waals surface area contributed by atoms with Crippen molar-refractivity contribution in [3.63, 3.8) is 0 Å². The molecule has 0 spiro atoms. The summed E-state index contributed by atoms with van der Waals surface area (Å²) in [4.78, 5) is 60.8. The van der Waals surface area contributed by atoms with E-state index in [-0.39, 0.29) is 81.3 Å². The molecule has 9 rings (SSSR count). The second-order valence-corrected chi connectivity index (χ2v) is 36.9. The fourth-order valence-electron chi connectivity index (χ4n) is 14.6. The van der Waals surface area contributed by atoms with Gasteiger partial charge < -0.3 is 28.4 Å². The van der Waals surface area contributed by atoms with Crippen molar-refractivity contribution >= 4 is 23.1 Å². The van der Waals surface area contributed by atoms with E-state index in [2.05, 4.69) is 239 Å². The number of allylic oxidation sites excluding steroid dienone is 8. The molecule has 3 aliphatic rings. The van der Waals surface area contributed by atoms with Crippen LogP contribution in [0.1, 0.15) is 305 Å². The number of carbonyl (C=O) groups excluding carboxylic acids is 4. The summed E-state index contributed by atoms with van der Waals surface area (Å²) >= 11 is 0. The van der Waals surface area contributed by atoms with Gasteiger partial charge in [0.05, 0.1) is 39.6 Å². The topological polar surface area (TPSA) is 124 Å². The summed E-state index contributed by atoms with van der Waals surface area (Å²) in [7, 11) is 0. The molecule has 0 N–H and O–H groups in total. The van der Waals surface area contributed by atoms with Gasteiger partial charge in [0.15, 0.2) is 23.1 Å². The van der Waals surface area contributed by atoms with Crippen molar-refractivity contribution in [3.05, 3.63) is 220 Å². The van der Waals surface area contributed by atoms with Crippen LogP contribution in [0, 0.1) is 0 Å². The van der Waals surface area contributed by atoms with E-state index in [1.54, 1.807) is 24.3 Å². The third-order valence-electron chi connectivity index (χ3n) is 20.8. The van der Waals surface area contributed by atoms with Gasteiger partial charge in [0.25, 0.3) is 0 Å². The number of fused-ring (bicyclic) bond motifs is 16. The molecule has 0 radical (unpaired) electrons. The lowest BCUT2D eigenvalue weighted by Crippen LogP contribution is -2.20. The molecule has 0 fully saturated rings. The molecule has 108 heavy (non-hydrogen) atoms. The Hall–Kier alpha value is -8.24. The van der Waals surface area contributed by atoms with Crippen LogP contribution in [0.5, 0.6) is 34.5 Å². The average Bonchev–Trinajstić information content (AvgIpc) is 0.774. The summed E-state index contributed by atoms with van der Waals surface area (Å²) in [5.41, 5.74) is 17.4. The maximum atomic E-state index is 15.8. The molecular weight excluding hydrogens is 1340 g/mol. The Kier molecular flexibility index (Phi) is 26.7. The summed E-state index contributed by atoms with van der Waals surface area (Å²) < 4.78 is 42.4. The molecule has 10 nitrogen and oxygen atoms in total. The monoisotopic (exact) mass is 1460 g/mol. The van der Waals surface area contributed by atoms with Crippen LogP contribution in [-0.4, -0.2) is 62.8 Å². The zero-order valence-electron chi connectivity index (χ0n) is 70.5. The van der Waals surface area contributed by atoms with Crippen LogP contribution in [0.3, 0.4) is 0 Å². The molecule has 16 bridgehead atoms. The summed E-state index contributed by atoms with van der Waals surface area (Å²) in [5, 5.41) is 0. The summed E-state index contributed by atoms with van der Waals surface area (Å²) in [5.74, 6) is 3.55. The maximum absolute atomic E-state index is 15.8. The molecular formula is C98H128O10. The molecule has 6 aromatic rings. The van der Waals surface area contributed by atoms with E-state index in [0.29, 0.717) is 111 Å². The minimum Gasteiger partial charge on any atom is -0.493 e. The molecule has 6 aromatic carbocycles. The predicted molar refractivity (Wildman–Crippen MR) is 444 cm³/mol. The van der Waals surface area contributed by atoms with Crippen LogP contribution in [0.2, 0.25) is 0 Å². The molecule has 0 unspecified atom stereocenters. The smallest absolute Gasteiger partial charge is 0.185 e. The highest BCUT2D eigenvalue weighted by Gasteiger charge is 2.34. The SMILES string of the molecule is CCCOc1c2cc(C(C)(C)C)cc1Cc1cc(C(C)(C)C)cc(c1OCCC)Cc1cc(C(C)(C)C)cc(c1OCCC)CC1=CC(=O)C=C(Cc3cc(C(C)(C)C)cc(c3OCCC)Cc3cc(C(C)(C)C)cc(c3OCCC)Cc3cc(C(C)(C)C)cc(c3OCCC)CC3=CC(=O)C=C(C2)C3=O)C1=O. The third kappa shape index (κ3) is 20.4. The fourth-order valence-corrected chi connectivity index (χ4v) is 14.6. The number of carbonyl (C=O) groups is 4. The second kappa shape index (κ2) is 34.4. The Morgan fingerprint density at radius 2 is 0.352 bits per heavy atom. The normalized spacial score (nSPS) is 15.1. The Morgan fingerprint density at radius 3 is 0.472 bits per heavy atom. The van der Waals surface area contributed by atoms with Crippen LogP contribution < -0.4 is 28.4 Å². The van der Waals surface area contributed by atoms with Crippen LogP contribution in [-0.2, 0) is 103 Å². The van der Waals surface area contributed by atoms with Crippen molar-refractivity contribution in [2.45, 2.75) is 289 Å². The fraction of sp³-hybridized carbons (Fsp3) is 0.510. The number of hydrogen-bond donors (Lipinski definition) is 0. The van der Waals surface area contributed by atoms with E-state index in [1.165, 1.54) is 0 Å². The van der Waals surface area contributed by atoms with Crippen molar-refractivity contribution < 1.29 is 47.6 Å². The Bertz CT molecular complexity index is 3940. The van der Waals surface area contributed by atoms with E-state index in [9.17, 15) is 9.59 Å². The molecule has 0 saturated heterocycles. The molecule has 3 aliphatic carbocycles. The molecule has 0 atom stereocenters. The van der Waals surface area contributed by atoms with Gasteiger partial charge in [0, 0.05) is 73.7 Å². The Balaban J connectivity index is 1.37. The minimum absolute atomic E-state index is 0.166. The van der Waals surface area contributed by atoms with Crippen molar-refractivity contribution in [2.24, 2.45) is 0 Å². The first-order chi connectivity index (χ1) is 50.7. The van der Waals surface area contributed by atoms with Gasteiger partial charge in [-0.05, 0) is 195 Å². The van der Waals surface area contributed by atoms with Crippen molar-refractivity contribution in [3.8, 4) is 34.5 Å². The van der Waals surface area contributed by atoms with E-state index < -0.39 is 0 Å². The van der Waals surface area contributed by atoms with Gasteiger partial charge in [-0.1, -0.05) is 239 Å². The van der Waals surface area contributed by atoms with Gasteiger partial charge in [-0.3, -0.25) is 19.2 Å². The first-order valence-corrected chi connectivity index (χ1v) is 40.4. The lowest BCUT2D eigenvalue weighted by atomic mass is 9.79. The van der Waals surface area contributed by atoms with Crippen LogP contribution in [0.4, 0.5) is 0 Å². The molecule has 0 saturated carbocycles. The first kappa shape index (κ1) is 83.8. The first-order valence-electron chi connectivity index (χ1n) is 40.4. The minimum atomic E-state index is -0.334. The highest BCUT2D eigenvalue weighted by atomic mass is 16.5. The number of hydrogen-bond acceptors (Lipinski definition) is 10. The van der Waals surface area contributed by atoms with Gasteiger partial charge in [-0.15, -0.1) is 0 Å². The third-order valence-corrected chi connectivity index (χ3v) is 20.8. The van der Waals surface area contributed by atoms with E-state index in [0.717, 1.165) is 150 Å². The average molecular weight is 1470 g/mol. The van der Waals surface area contributed by atoms with Gasteiger partial charge in [0.1, 0.15) is 34.5 Å². The molecule has 0 aromatic heterocycles. The van der Waals surface area contributed by atoms with Crippen LogP contribution in [0.25, 0.3) is 0 Å². The van der Waals surface area contributed by atoms with Gasteiger partial charge in [-0.2, -0.15) is 0 Å². The predicted octanol–water partition coefficient (Wildman–Crippen LogP) is 22.5. The highest BCUT2D eigenvalue weighted by Crippen LogP contribution is 2.46. The number of rotatable bonds is 18. The van der Waals surface area contributed by atoms with E-state index >= 15 is 9.59 Å². The number of ketones is 4. The van der Waals surface area contributed by atoms with Crippen LogP contribution in [0.15, 0.2) is 119 Å². The van der Waals surface area contributed by atoms with Crippen molar-refractivity contribution in [2.75, 3.05) is 39.6 Å². The summed E-state index contributed by atoms with van der Waals surface area (Å²) in [6, 6.07) is 27.1. The maximum Gasteiger partial charge on any atom is 0.185 e. The zero-order chi connectivity index (χ0) is 79.2. The lowest BCUT2D eigenvalue weighted by molar-refractivity contribution is -0.115. The second-order valence-electron chi connectivity index (χ2n) is 36.9. The number of Topliss-reactive ketones (excluding diaryl/α,β-unsaturated/α-hetero) is 2. The van der Waals surface area contributed by atoms with E-state index in [1.807, 2.05) is 0 Å². The van der Waals surface area contributed by atoms with E-state index in [4.69, 9.17) is 28.4 Å².